The van der Waals surface area contributed by atoms with Gasteiger partial charge in [-0.15, -0.1) is 0 Å². The molecule has 0 bridgehead atoms. The van der Waals surface area contributed by atoms with Crippen molar-refractivity contribution in [3.8, 4) is 0 Å². The number of rotatable bonds is 7. The van der Waals surface area contributed by atoms with Crippen molar-refractivity contribution in [3.63, 3.8) is 0 Å². The number of nitrogens with zero attached hydrogens (tertiary/aromatic N) is 4. The van der Waals surface area contributed by atoms with Gasteiger partial charge < -0.3 is 15.5 Å². The predicted octanol–water partition coefficient (Wildman–Crippen LogP) is 1.71. The molecule has 1 unspecified atom stereocenters. The molecule has 0 saturated heterocycles. The van der Waals surface area contributed by atoms with Gasteiger partial charge in [-0.1, -0.05) is 13.8 Å². The minimum Gasteiger partial charge on any atom is -0.357 e. The van der Waals surface area contributed by atoms with Crippen LogP contribution in [0.1, 0.15) is 20.8 Å². The number of likely N-dealkylation sites (N-methyl/N-ethyl adjacent to an activating group) is 1. The van der Waals surface area contributed by atoms with Crippen LogP contribution in [0.5, 0.6) is 0 Å². The maximum atomic E-state index is 5.82. The van der Waals surface area contributed by atoms with Crippen LogP contribution in [0.3, 0.4) is 0 Å². The van der Waals surface area contributed by atoms with Crippen LogP contribution in [0.25, 0.3) is 0 Å². The van der Waals surface area contributed by atoms with Crippen molar-refractivity contribution in [2.24, 2.45) is 0 Å². The lowest BCUT2D eigenvalue weighted by atomic mass is 10.3. The molecule has 0 spiro atoms. The third-order valence-corrected chi connectivity index (χ3v) is 2.80. The van der Waals surface area contributed by atoms with E-state index in [1.165, 1.54) is 0 Å². The van der Waals surface area contributed by atoms with Crippen molar-refractivity contribution in [1.82, 2.24) is 19.9 Å². The van der Waals surface area contributed by atoms with Gasteiger partial charge in [0.25, 0.3) is 0 Å². The molecule has 7 heteroatoms. The van der Waals surface area contributed by atoms with Gasteiger partial charge in [-0.05, 0) is 31.6 Å². The lowest BCUT2D eigenvalue weighted by Gasteiger charge is -2.23. The standard InChI is InChI=1S/C11H21ClN6/c1-5-18(6-2)7-8(3)14-11-16-9(12)15-10(13-4)17-11/h8H,5-7H2,1-4H3,(H2,13,14,15,16,17). The molecule has 1 heterocycles. The van der Waals surface area contributed by atoms with Crippen LogP contribution < -0.4 is 10.6 Å². The molecule has 0 radical (unpaired) electrons. The van der Waals surface area contributed by atoms with Crippen molar-refractivity contribution in [2.75, 3.05) is 37.3 Å². The topological polar surface area (TPSA) is 66.0 Å². The van der Waals surface area contributed by atoms with Gasteiger partial charge in [0.05, 0.1) is 0 Å². The molecular weight excluding hydrogens is 252 g/mol. The van der Waals surface area contributed by atoms with Crippen molar-refractivity contribution in [2.45, 2.75) is 26.8 Å². The molecule has 1 aromatic heterocycles. The first-order valence-electron chi connectivity index (χ1n) is 6.17. The highest BCUT2D eigenvalue weighted by Crippen LogP contribution is 2.10. The van der Waals surface area contributed by atoms with Crippen molar-refractivity contribution < 1.29 is 0 Å². The number of anilines is 2. The maximum Gasteiger partial charge on any atom is 0.229 e. The van der Waals surface area contributed by atoms with Crippen molar-refractivity contribution in [3.05, 3.63) is 5.28 Å². The van der Waals surface area contributed by atoms with E-state index in [4.69, 9.17) is 11.6 Å². The number of halogens is 1. The zero-order valence-corrected chi connectivity index (χ0v) is 12.1. The van der Waals surface area contributed by atoms with Gasteiger partial charge in [-0.25, -0.2) is 0 Å². The molecule has 0 saturated carbocycles. The van der Waals surface area contributed by atoms with Gasteiger partial charge in [0.15, 0.2) is 0 Å². The monoisotopic (exact) mass is 272 g/mol. The summed E-state index contributed by atoms with van der Waals surface area (Å²) in [5.41, 5.74) is 0. The van der Waals surface area contributed by atoms with Crippen molar-refractivity contribution >= 4 is 23.5 Å². The van der Waals surface area contributed by atoms with Crippen LogP contribution in [-0.2, 0) is 0 Å². The van der Waals surface area contributed by atoms with Crippen LogP contribution in [0.4, 0.5) is 11.9 Å². The van der Waals surface area contributed by atoms with Crippen LogP contribution in [-0.4, -0.2) is 52.6 Å². The van der Waals surface area contributed by atoms with Crippen molar-refractivity contribution in [1.29, 1.82) is 0 Å². The summed E-state index contributed by atoms with van der Waals surface area (Å²) >= 11 is 5.82. The van der Waals surface area contributed by atoms with Crippen LogP contribution in [0.2, 0.25) is 5.28 Å². The van der Waals surface area contributed by atoms with Gasteiger partial charge >= 0.3 is 0 Å². The highest BCUT2D eigenvalue weighted by atomic mass is 35.5. The van der Waals surface area contributed by atoms with E-state index in [-0.39, 0.29) is 11.3 Å². The Balaban J connectivity index is 2.63. The highest BCUT2D eigenvalue weighted by Gasteiger charge is 2.10. The second-order valence-corrected chi connectivity index (χ2v) is 4.37. The fourth-order valence-corrected chi connectivity index (χ4v) is 1.82. The number of hydrogen-bond donors (Lipinski definition) is 2. The Morgan fingerprint density at radius 2 is 1.78 bits per heavy atom. The third kappa shape index (κ3) is 4.62. The summed E-state index contributed by atoms with van der Waals surface area (Å²) in [5.74, 6) is 0.964. The largest absolute Gasteiger partial charge is 0.357 e. The van der Waals surface area contributed by atoms with Gasteiger partial charge in [-0.3, -0.25) is 0 Å². The van der Waals surface area contributed by atoms with Crippen LogP contribution >= 0.6 is 11.6 Å². The third-order valence-electron chi connectivity index (χ3n) is 2.63. The summed E-state index contributed by atoms with van der Waals surface area (Å²) in [5, 5.41) is 6.26. The average molecular weight is 273 g/mol. The SMILES string of the molecule is CCN(CC)CC(C)Nc1nc(Cl)nc(NC)n1. The molecule has 1 aromatic rings. The summed E-state index contributed by atoms with van der Waals surface area (Å²) < 4.78 is 0. The molecule has 1 rings (SSSR count). The Bertz CT molecular complexity index is 369. The Kier molecular flexibility index (Phi) is 6.07. The molecule has 0 aliphatic rings. The van der Waals surface area contributed by atoms with E-state index in [0.29, 0.717) is 11.9 Å². The molecule has 2 N–H and O–H groups in total. The Morgan fingerprint density at radius 3 is 2.33 bits per heavy atom. The van der Waals surface area contributed by atoms with Crippen LogP contribution in [0.15, 0.2) is 0 Å². The Labute approximate surface area is 113 Å². The average Bonchev–Trinajstić information content (AvgIpc) is 2.35. The van der Waals surface area contributed by atoms with E-state index in [0.717, 1.165) is 19.6 Å². The van der Waals surface area contributed by atoms with E-state index < -0.39 is 0 Å². The Morgan fingerprint density at radius 1 is 1.17 bits per heavy atom. The summed E-state index contributed by atoms with van der Waals surface area (Å²) in [4.78, 5) is 14.5. The van der Waals surface area contributed by atoms with E-state index in [1.54, 1.807) is 7.05 Å². The highest BCUT2D eigenvalue weighted by molar-refractivity contribution is 6.28. The number of nitrogens with one attached hydrogen (secondary N) is 2. The fourth-order valence-electron chi connectivity index (χ4n) is 1.66. The minimum atomic E-state index is 0.187. The molecule has 6 nitrogen and oxygen atoms in total. The molecular formula is C11H21ClN6. The van der Waals surface area contributed by atoms with E-state index in [9.17, 15) is 0 Å². The zero-order valence-electron chi connectivity index (χ0n) is 11.4. The second-order valence-electron chi connectivity index (χ2n) is 4.03. The van der Waals surface area contributed by atoms with Crippen LogP contribution in [0, 0.1) is 0 Å². The predicted molar refractivity (Wildman–Crippen MR) is 75.3 cm³/mol. The summed E-state index contributed by atoms with van der Waals surface area (Å²) in [6, 6.07) is 0.244. The molecule has 18 heavy (non-hydrogen) atoms. The number of aromatic nitrogens is 3. The van der Waals surface area contributed by atoms with Gasteiger partial charge in [0.1, 0.15) is 0 Å². The fraction of sp³-hybridized carbons (Fsp3) is 0.727. The molecule has 1 atom stereocenters. The first-order chi connectivity index (χ1) is 8.58. The molecule has 0 aliphatic carbocycles. The normalized spacial score (nSPS) is 12.6. The van der Waals surface area contributed by atoms with Gasteiger partial charge in [-0.2, -0.15) is 15.0 Å². The van der Waals surface area contributed by atoms with Gasteiger partial charge in [0, 0.05) is 19.6 Å². The molecule has 0 aliphatic heterocycles. The van der Waals surface area contributed by atoms with E-state index in [2.05, 4.69) is 51.3 Å². The quantitative estimate of drug-likeness (QED) is 0.788. The lowest BCUT2D eigenvalue weighted by molar-refractivity contribution is 0.294. The smallest absolute Gasteiger partial charge is 0.229 e. The summed E-state index contributed by atoms with van der Waals surface area (Å²) in [6.07, 6.45) is 0. The number of hydrogen-bond acceptors (Lipinski definition) is 6. The van der Waals surface area contributed by atoms with E-state index in [1.807, 2.05) is 0 Å². The maximum absolute atomic E-state index is 5.82. The minimum absolute atomic E-state index is 0.187. The molecule has 0 amide bonds. The second kappa shape index (κ2) is 7.33. The first kappa shape index (κ1) is 14.9. The van der Waals surface area contributed by atoms with Gasteiger partial charge in [0.2, 0.25) is 17.2 Å². The molecule has 102 valence electrons. The first-order valence-corrected chi connectivity index (χ1v) is 6.55. The summed E-state index contributed by atoms with van der Waals surface area (Å²) in [7, 11) is 1.74. The molecule has 0 fully saturated rings. The lowest BCUT2D eigenvalue weighted by Crippen LogP contribution is -2.35. The summed E-state index contributed by atoms with van der Waals surface area (Å²) in [6.45, 7) is 9.38. The zero-order chi connectivity index (χ0) is 13.5. The Hall–Kier alpha value is -1.14. The molecule has 0 aromatic carbocycles. The van der Waals surface area contributed by atoms with E-state index >= 15 is 0 Å².